The minimum atomic E-state index is -0.434. The molecule has 154 valence electrons. The van der Waals surface area contributed by atoms with E-state index in [2.05, 4.69) is 33.3 Å². The lowest BCUT2D eigenvalue weighted by Crippen LogP contribution is -2.46. The summed E-state index contributed by atoms with van der Waals surface area (Å²) in [6, 6.07) is 14.4. The predicted molar refractivity (Wildman–Crippen MR) is 116 cm³/mol. The number of anilines is 2. The highest BCUT2D eigenvalue weighted by molar-refractivity contribution is 5.98. The van der Waals surface area contributed by atoms with Gasteiger partial charge in [0.25, 0.3) is 5.91 Å². The summed E-state index contributed by atoms with van der Waals surface area (Å²) < 4.78 is 5.95. The minimum absolute atomic E-state index is 0.0718. The Morgan fingerprint density at radius 2 is 1.87 bits per heavy atom. The van der Waals surface area contributed by atoms with Crippen molar-refractivity contribution in [3.05, 3.63) is 53.1 Å². The van der Waals surface area contributed by atoms with Gasteiger partial charge in [0.05, 0.1) is 17.3 Å². The zero-order valence-corrected chi connectivity index (χ0v) is 17.2. The van der Waals surface area contributed by atoms with Crippen LogP contribution < -0.4 is 15.0 Å². The van der Waals surface area contributed by atoms with Crippen LogP contribution >= 0.6 is 0 Å². The highest BCUT2D eigenvalue weighted by Gasteiger charge is 2.33. The molecular weight excluding hydrogens is 376 g/mol. The molecule has 2 aliphatic heterocycles. The van der Waals surface area contributed by atoms with Crippen LogP contribution in [0.1, 0.15) is 42.4 Å². The second kappa shape index (κ2) is 7.66. The lowest BCUT2D eigenvalue weighted by atomic mass is 10.0. The van der Waals surface area contributed by atoms with E-state index in [9.17, 15) is 4.79 Å². The number of hydrogen-bond acceptors (Lipinski definition) is 5. The topological polar surface area (TPSA) is 68.6 Å². The maximum absolute atomic E-state index is 12.1. The van der Waals surface area contributed by atoms with Crippen LogP contribution in [0, 0.1) is 11.3 Å². The molecule has 3 aliphatic rings. The monoisotopic (exact) mass is 402 g/mol. The van der Waals surface area contributed by atoms with Gasteiger partial charge in [-0.1, -0.05) is 6.07 Å². The predicted octanol–water partition coefficient (Wildman–Crippen LogP) is 3.48. The molecule has 0 radical (unpaired) electrons. The van der Waals surface area contributed by atoms with Gasteiger partial charge in [-0.2, -0.15) is 5.26 Å². The van der Waals surface area contributed by atoms with E-state index in [1.165, 1.54) is 29.7 Å². The van der Waals surface area contributed by atoms with Gasteiger partial charge in [-0.3, -0.25) is 9.69 Å². The fourth-order valence-corrected chi connectivity index (χ4v) is 4.36. The van der Waals surface area contributed by atoms with Crippen molar-refractivity contribution >= 4 is 17.3 Å². The first-order valence-corrected chi connectivity index (χ1v) is 10.7. The van der Waals surface area contributed by atoms with Crippen molar-refractivity contribution in [2.45, 2.75) is 38.3 Å². The highest BCUT2D eigenvalue weighted by Crippen LogP contribution is 2.48. The molecule has 2 heterocycles. The third-order valence-corrected chi connectivity index (χ3v) is 6.26. The molecule has 0 spiro atoms. The molecule has 30 heavy (non-hydrogen) atoms. The van der Waals surface area contributed by atoms with Crippen molar-refractivity contribution in [3.63, 3.8) is 0 Å². The molecule has 1 unspecified atom stereocenters. The van der Waals surface area contributed by atoms with Gasteiger partial charge in [-0.05, 0) is 67.1 Å². The van der Waals surface area contributed by atoms with E-state index < -0.39 is 6.10 Å². The summed E-state index contributed by atoms with van der Waals surface area (Å²) >= 11 is 0. The molecule has 0 bridgehead atoms. The maximum Gasteiger partial charge on any atom is 0.265 e. The normalized spacial score (nSPS) is 21.4. The van der Waals surface area contributed by atoms with E-state index >= 15 is 0 Å². The van der Waals surface area contributed by atoms with Gasteiger partial charge < -0.3 is 15.0 Å². The Labute approximate surface area is 177 Å². The summed E-state index contributed by atoms with van der Waals surface area (Å²) in [4.78, 5) is 16.9. The lowest BCUT2D eigenvalue weighted by Gasteiger charge is -2.36. The molecule has 2 aromatic carbocycles. The van der Waals surface area contributed by atoms with Crippen molar-refractivity contribution in [2.75, 3.05) is 36.4 Å². The second-order valence-electron chi connectivity index (χ2n) is 8.51. The first-order chi connectivity index (χ1) is 14.6. The number of ether oxygens (including phenoxy) is 1. The molecule has 1 saturated carbocycles. The molecule has 6 heteroatoms. The van der Waals surface area contributed by atoms with Gasteiger partial charge in [-0.15, -0.1) is 0 Å². The number of fused-ring (bicyclic) bond motifs is 1. The second-order valence-corrected chi connectivity index (χ2v) is 8.51. The SMILES string of the molecule is CC1Oc2c(cc(CN3CCN(c4ccc(C#N)cc4)CC3)cc2C2CC2)NC1=O. The van der Waals surface area contributed by atoms with E-state index in [0.29, 0.717) is 11.5 Å². The lowest BCUT2D eigenvalue weighted by molar-refractivity contribution is -0.122. The van der Waals surface area contributed by atoms with E-state index in [0.717, 1.165) is 44.2 Å². The Bertz CT molecular complexity index is 999. The number of nitrogens with one attached hydrogen (secondary N) is 1. The quantitative estimate of drug-likeness (QED) is 0.848. The molecule has 2 aromatic rings. The van der Waals surface area contributed by atoms with Crippen LogP contribution in [0.2, 0.25) is 0 Å². The van der Waals surface area contributed by atoms with E-state index in [1.807, 2.05) is 24.3 Å². The molecule has 1 aliphatic carbocycles. The highest BCUT2D eigenvalue weighted by atomic mass is 16.5. The van der Waals surface area contributed by atoms with Crippen molar-refractivity contribution in [1.82, 2.24) is 4.90 Å². The fraction of sp³-hybridized carbons (Fsp3) is 0.417. The molecule has 1 saturated heterocycles. The Morgan fingerprint density at radius 1 is 1.13 bits per heavy atom. The largest absolute Gasteiger partial charge is 0.478 e. The van der Waals surface area contributed by atoms with Gasteiger partial charge in [-0.25, -0.2) is 0 Å². The average molecular weight is 402 g/mol. The van der Waals surface area contributed by atoms with Gasteiger partial charge in [0.1, 0.15) is 5.75 Å². The average Bonchev–Trinajstić information content (AvgIpc) is 3.60. The summed E-state index contributed by atoms with van der Waals surface area (Å²) in [5.74, 6) is 1.37. The minimum Gasteiger partial charge on any atom is -0.478 e. The van der Waals surface area contributed by atoms with E-state index in [-0.39, 0.29) is 5.91 Å². The smallest absolute Gasteiger partial charge is 0.265 e. The van der Waals surface area contributed by atoms with E-state index in [4.69, 9.17) is 10.00 Å². The molecule has 2 fully saturated rings. The maximum atomic E-state index is 12.1. The Hall–Kier alpha value is -3.04. The van der Waals surface area contributed by atoms with Gasteiger partial charge in [0.2, 0.25) is 0 Å². The van der Waals surface area contributed by atoms with Crippen LogP contribution in [0.4, 0.5) is 11.4 Å². The summed E-state index contributed by atoms with van der Waals surface area (Å²) in [6.45, 7) is 6.56. The van der Waals surface area contributed by atoms with Crippen molar-refractivity contribution in [1.29, 1.82) is 5.26 Å². The standard InChI is InChI=1S/C24H26N4O2/c1-16-24(29)26-22-13-18(12-21(19-4-5-19)23(22)30-16)15-27-8-10-28(11-9-27)20-6-2-17(14-25)3-7-20/h2-3,6-7,12-13,16,19H,4-5,8-11,15H2,1H3,(H,26,29). The summed E-state index contributed by atoms with van der Waals surface area (Å²) in [5.41, 5.74) is 5.19. The summed E-state index contributed by atoms with van der Waals surface area (Å²) in [5, 5.41) is 12.0. The Balaban J connectivity index is 1.27. The molecule has 1 atom stereocenters. The zero-order valence-electron chi connectivity index (χ0n) is 17.2. The van der Waals surface area contributed by atoms with Crippen molar-refractivity contribution < 1.29 is 9.53 Å². The molecule has 6 nitrogen and oxygen atoms in total. The first kappa shape index (κ1) is 19.0. The Kier molecular flexibility index (Phi) is 4.84. The molecule has 1 N–H and O–H groups in total. The zero-order chi connectivity index (χ0) is 20.7. The number of hydrogen-bond donors (Lipinski definition) is 1. The Morgan fingerprint density at radius 3 is 2.53 bits per heavy atom. The molecule has 5 rings (SSSR count). The summed E-state index contributed by atoms with van der Waals surface area (Å²) in [7, 11) is 0. The van der Waals surface area contributed by atoms with E-state index in [1.54, 1.807) is 6.92 Å². The molecule has 1 amide bonds. The van der Waals surface area contributed by atoms with Gasteiger partial charge >= 0.3 is 0 Å². The number of benzene rings is 2. The van der Waals surface area contributed by atoms with Crippen LogP contribution in [-0.2, 0) is 11.3 Å². The number of carbonyl (C=O) groups is 1. The number of nitrogens with zero attached hydrogens (tertiary/aromatic N) is 3. The molecule has 0 aromatic heterocycles. The van der Waals surface area contributed by atoms with Crippen molar-refractivity contribution in [2.24, 2.45) is 0 Å². The third-order valence-electron chi connectivity index (χ3n) is 6.26. The van der Waals surface area contributed by atoms with Crippen LogP contribution in [-0.4, -0.2) is 43.1 Å². The fourth-order valence-electron chi connectivity index (χ4n) is 4.36. The first-order valence-electron chi connectivity index (χ1n) is 10.7. The van der Waals surface area contributed by atoms with Gasteiger partial charge in [0.15, 0.2) is 6.10 Å². The van der Waals surface area contributed by atoms with Crippen LogP contribution in [0.3, 0.4) is 0 Å². The van der Waals surface area contributed by atoms with Crippen LogP contribution in [0.5, 0.6) is 5.75 Å². The molecular formula is C24H26N4O2. The number of carbonyl (C=O) groups excluding carboxylic acids is 1. The number of piperazine rings is 1. The van der Waals surface area contributed by atoms with Crippen molar-refractivity contribution in [3.8, 4) is 11.8 Å². The van der Waals surface area contributed by atoms with Gasteiger partial charge in [0, 0.05) is 38.4 Å². The van der Waals surface area contributed by atoms with Crippen LogP contribution in [0.25, 0.3) is 0 Å². The van der Waals surface area contributed by atoms with Crippen LogP contribution in [0.15, 0.2) is 36.4 Å². The summed E-state index contributed by atoms with van der Waals surface area (Å²) in [6.07, 6.45) is 1.96. The third kappa shape index (κ3) is 3.73. The number of rotatable bonds is 4. The number of nitriles is 1. The number of amides is 1.